The summed E-state index contributed by atoms with van der Waals surface area (Å²) in [5, 5.41) is 5.33. The van der Waals surface area contributed by atoms with Gasteiger partial charge in [0.15, 0.2) is 0 Å². The molecule has 0 amide bonds. The molecule has 0 saturated heterocycles. The summed E-state index contributed by atoms with van der Waals surface area (Å²) < 4.78 is 80.2. The quantitative estimate of drug-likeness (QED) is 0.0406. The van der Waals surface area contributed by atoms with Crippen LogP contribution in [0.5, 0.6) is 0 Å². The summed E-state index contributed by atoms with van der Waals surface area (Å²) in [6.45, 7) is 9.47. The summed E-state index contributed by atoms with van der Waals surface area (Å²) in [5.41, 5.74) is 7.41. The molecule has 1 aliphatic rings. The first-order valence-corrected chi connectivity index (χ1v) is 24.6. The minimum atomic E-state index is -4.49. The molecular formula is C50H57N3O8S2. The zero-order valence-electron chi connectivity index (χ0n) is 36.1. The molecule has 0 spiro atoms. The fourth-order valence-electron chi connectivity index (χ4n) is 8.68. The van der Waals surface area contributed by atoms with Crippen LogP contribution in [0.3, 0.4) is 0 Å². The lowest BCUT2D eigenvalue weighted by Crippen LogP contribution is -2.30. The summed E-state index contributed by atoms with van der Waals surface area (Å²) in [4.78, 5) is 3.92. The standard InChI is InChI=1S/C50H57N3O8S2/c1-4-60-33-31-52(39-12-7-6-8-13-39)40-19-15-37(16-20-40)50(38-17-21-41(22-18-38)53(32-34-61-5-2)42-23-25-43(26-24-42)62(54,55)56)46-29-30-49(51-48-14-10-9-11-36(48)3)47-35-44(63(57,58)59)27-28-45(46)47/h6-8,12-13,15-30,35-36,48,50-51H,4-5,9-11,14,31-34H2,1-3H3,(H,54,55,56)(H,57,58,59). The number of ether oxygens (including phenoxy) is 2. The van der Waals surface area contributed by atoms with Gasteiger partial charge in [-0.05, 0) is 134 Å². The number of hydrogen-bond acceptors (Lipinski definition) is 9. The Bertz CT molecular complexity index is 2660. The number of benzene rings is 6. The van der Waals surface area contributed by atoms with E-state index in [1.54, 1.807) is 24.3 Å². The lowest BCUT2D eigenvalue weighted by atomic mass is 9.82. The van der Waals surface area contributed by atoms with E-state index in [1.807, 2.05) is 55.1 Å². The van der Waals surface area contributed by atoms with Crippen molar-refractivity contribution in [1.29, 1.82) is 0 Å². The third-order valence-corrected chi connectivity index (χ3v) is 13.7. The van der Waals surface area contributed by atoms with Gasteiger partial charge in [0, 0.05) is 72.1 Å². The molecule has 0 heterocycles. The van der Waals surface area contributed by atoms with Crippen LogP contribution < -0.4 is 15.1 Å². The molecule has 0 bridgehead atoms. The van der Waals surface area contributed by atoms with Gasteiger partial charge in [-0.3, -0.25) is 9.11 Å². The molecule has 0 aliphatic heterocycles. The van der Waals surface area contributed by atoms with Crippen LogP contribution in [0.15, 0.2) is 143 Å². The highest BCUT2D eigenvalue weighted by Crippen LogP contribution is 2.42. The van der Waals surface area contributed by atoms with Crippen molar-refractivity contribution in [3.05, 3.63) is 150 Å². The van der Waals surface area contributed by atoms with Crippen molar-refractivity contribution in [2.45, 2.75) is 68.2 Å². The van der Waals surface area contributed by atoms with Gasteiger partial charge in [0.1, 0.15) is 0 Å². The van der Waals surface area contributed by atoms with E-state index in [4.69, 9.17) is 9.47 Å². The minimum absolute atomic E-state index is 0.165. The molecule has 1 fully saturated rings. The zero-order valence-corrected chi connectivity index (χ0v) is 37.7. The van der Waals surface area contributed by atoms with Gasteiger partial charge >= 0.3 is 0 Å². The Morgan fingerprint density at radius 3 is 1.60 bits per heavy atom. The van der Waals surface area contributed by atoms with Crippen LogP contribution in [0.4, 0.5) is 28.4 Å². The molecule has 11 nitrogen and oxygen atoms in total. The summed E-state index contributed by atoms with van der Waals surface area (Å²) in [6, 6.07) is 42.3. The van der Waals surface area contributed by atoms with Gasteiger partial charge in [-0.2, -0.15) is 16.8 Å². The highest BCUT2D eigenvalue weighted by molar-refractivity contribution is 7.86. The second-order valence-corrected chi connectivity index (χ2v) is 18.9. The number of nitrogens with zero attached hydrogens (tertiary/aromatic N) is 2. The molecule has 7 rings (SSSR count). The summed E-state index contributed by atoms with van der Waals surface area (Å²) in [7, 11) is -8.85. The molecule has 0 aromatic heterocycles. The monoisotopic (exact) mass is 891 g/mol. The number of hydrogen-bond donors (Lipinski definition) is 3. The highest BCUT2D eigenvalue weighted by atomic mass is 32.2. The minimum Gasteiger partial charge on any atom is -0.382 e. The van der Waals surface area contributed by atoms with Gasteiger partial charge < -0.3 is 24.6 Å². The molecule has 6 aromatic rings. The second-order valence-electron chi connectivity index (χ2n) is 16.0. The van der Waals surface area contributed by atoms with Crippen LogP contribution in [-0.2, 0) is 29.7 Å². The Kier molecular flexibility index (Phi) is 14.9. The molecule has 6 aromatic carbocycles. The van der Waals surface area contributed by atoms with Gasteiger partial charge in [-0.25, -0.2) is 0 Å². The van der Waals surface area contributed by atoms with Crippen molar-refractivity contribution in [3.8, 4) is 0 Å². The molecule has 332 valence electrons. The van der Waals surface area contributed by atoms with Gasteiger partial charge in [-0.1, -0.05) is 74.4 Å². The summed E-state index contributed by atoms with van der Waals surface area (Å²) in [6.07, 6.45) is 4.44. The van der Waals surface area contributed by atoms with Crippen molar-refractivity contribution in [2.75, 3.05) is 54.6 Å². The maximum Gasteiger partial charge on any atom is 0.294 e. The van der Waals surface area contributed by atoms with Crippen LogP contribution >= 0.6 is 0 Å². The van der Waals surface area contributed by atoms with Crippen molar-refractivity contribution < 1.29 is 35.4 Å². The first kappa shape index (κ1) is 45.7. The molecule has 3 unspecified atom stereocenters. The molecule has 1 saturated carbocycles. The molecule has 0 radical (unpaired) electrons. The van der Waals surface area contributed by atoms with Crippen molar-refractivity contribution in [1.82, 2.24) is 0 Å². The van der Waals surface area contributed by atoms with E-state index in [-0.39, 0.29) is 21.8 Å². The molecule has 13 heteroatoms. The average Bonchev–Trinajstić information content (AvgIpc) is 3.28. The Labute approximate surface area is 372 Å². The topological polar surface area (TPSA) is 146 Å². The average molecular weight is 892 g/mol. The smallest absolute Gasteiger partial charge is 0.294 e. The zero-order chi connectivity index (χ0) is 44.6. The Morgan fingerprint density at radius 1 is 0.603 bits per heavy atom. The van der Waals surface area contributed by atoms with Crippen LogP contribution in [0, 0.1) is 5.92 Å². The van der Waals surface area contributed by atoms with E-state index in [0.717, 1.165) is 69.8 Å². The van der Waals surface area contributed by atoms with E-state index < -0.39 is 20.2 Å². The van der Waals surface area contributed by atoms with Crippen LogP contribution in [0.2, 0.25) is 0 Å². The number of fused-ring (bicyclic) bond motifs is 1. The molecule has 1 aliphatic carbocycles. The number of para-hydroxylation sites is 1. The Balaban J connectivity index is 1.35. The number of nitrogens with one attached hydrogen (secondary N) is 1. The van der Waals surface area contributed by atoms with Gasteiger partial charge in [0.05, 0.1) is 23.0 Å². The predicted octanol–water partition coefficient (Wildman–Crippen LogP) is 10.9. The molecule has 63 heavy (non-hydrogen) atoms. The maximum absolute atomic E-state index is 12.6. The lowest BCUT2D eigenvalue weighted by molar-refractivity contribution is 0.155. The van der Waals surface area contributed by atoms with Gasteiger partial charge in [0.2, 0.25) is 0 Å². The summed E-state index contributed by atoms with van der Waals surface area (Å²) in [5.74, 6) is 0.134. The maximum atomic E-state index is 12.6. The largest absolute Gasteiger partial charge is 0.382 e. The number of anilines is 5. The van der Waals surface area contributed by atoms with E-state index in [0.29, 0.717) is 50.8 Å². The van der Waals surface area contributed by atoms with E-state index >= 15 is 0 Å². The molecule has 3 atom stereocenters. The fraction of sp³-hybridized carbons (Fsp3) is 0.320. The van der Waals surface area contributed by atoms with Crippen LogP contribution in [-0.4, -0.2) is 71.5 Å². The van der Waals surface area contributed by atoms with Crippen molar-refractivity contribution in [2.24, 2.45) is 5.92 Å². The predicted molar refractivity (Wildman–Crippen MR) is 252 cm³/mol. The van der Waals surface area contributed by atoms with Crippen LogP contribution in [0.25, 0.3) is 10.8 Å². The summed E-state index contributed by atoms with van der Waals surface area (Å²) >= 11 is 0. The normalized spacial score (nSPS) is 16.1. The third-order valence-electron chi connectivity index (χ3n) is 12.0. The first-order valence-electron chi connectivity index (χ1n) is 21.7. The van der Waals surface area contributed by atoms with Gasteiger partial charge in [0.25, 0.3) is 20.2 Å². The van der Waals surface area contributed by atoms with E-state index in [1.165, 1.54) is 24.6 Å². The molecular weight excluding hydrogens is 835 g/mol. The number of rotatable bonds is 19. The Morgan fingerprint density at radius 2 is 1.10 bits per heavy atom. The first-order chi connectivity index (χ1) is 30.4. The molecule has 3 N–H and O–H groups in total. The van der Waals surface area contributed by atoms with Gasteiger partial charge in [-0.15, -0.1) is 0 Å². The van der Waals surface area contributed by atoms with Crippen LogP contribution in [0.1, 0.15) is 69.1 Å². The highest BCUT2D eigenvalue weighted by Gasteiger charge is 2.26. The van der Waals surface area contributed by atoms with Crippen molar-refractivity contribution >= 4 is 59.4 Å². The second kappa shape index (κ2) is 20.5. The van der Waals surface area contributed by atoms with Crippen molar-refractivity contribution in [3.63, 3.8) is 0 Å². The Hall–Kier alpha value is -5.28. The fourth-order valence-corrected chi connectivity index (χ4v) is 9.67. The van der Waals surface area contributed by atoms with E-state index in [9.17, 15) is 25.9 Å². The SMILES string of the molecule is CCOCCN(c1ccccc1)c1ccc(C(c2ccc(N(CCOCC)c3ccc(S(=O)(=O)O)cc3)cc2)c2ccc(NC3CCCCC3C)c3cc(S(=O)(=O)O)ccc23)cc1. The van der Waals surface area contributed by atoms with E-state index in [2.05, 4.69) is 71.7 Å². The third kappa shape index (κ3) is 11.1. The lowest BCUT2D eigenvalue weighted by Gasteiger charge is -2.31.